The fourth-order valence-corrected chi connectivity index (χ4v) is 4.44. The van der Waals surface area contributed by atoms with Crippen molar-refractivity contribution < 1.29 is 14.3 Å². The molecule has 6 nitrogen and oxygen atoms in total. The molecule has 30 heavy (non-hydrogen) atoms. The highest BCUT2D eigenvalue weighted by molar-refractivity contribution is 7.14. The number of methoxy groups -OCH3 is 2. The Kier molecular flexibility index (Phi) is 5.78. The van der Waals surface area contributed by atoms with Crippen molar-refractivity contribution in [1.82, 2.24) is 9.97 Å². The van der Waals surface area contributed by atoms with Crippen LogP contribution in [-0.2, 0) is 0 Å². The number of nitrogens with one attached hydrogen (secondary N) is 1. The van der Waals surface area contributed by atoms with E-state index < -0.39 is 0 Å². The Morgan fingerprint density at radius 2 is 1.77 bits per heavy atom. The lowest BCUT2D eigenvalue weighted by Crippen LogP contribution is -2.12. The van der Waals surface area contributed by atoms with Crippen LogP contribution in [0.15, 0.2) is 53.2 Å². The Labute approximate surface area is 182 Å². The molecule has 0 saturated carbocycles. The van der Waals surface area contributed by atoms with Crippen molar-refractivity contribution >= 4 is 33.7 Å². The van der Waals surface area contributed by atoms with Gasteiger partial charge in [-0.05, 0) is 19.1 Å². The number of hydrogen-bond donors (Lipinski definition) is 1. The first-order chi connectivity index (χ1) is 14.6. The smallest absolute Gasteiger partial charge is 0.276 e. The SMILES string of the molecule is COc1cccc(-c2nc(C(=O)Nc3nc(-c4ccc(C)cc4)cs3)cs2)c1OC. The summed E-state index contributed by atoms with van der Waals surface area (Å²) in [5.41, 5.74) is 4.13. The average molecular weight is 438 g/mol. The van der Waals surface area contributed by atoms with Crippen molar-refractivity contribution in [2.75, 3.05) is 19.5 Å². The summed E-state index contributed by atoms with van der Waals surface area (Å²) in [6.45, 7) is 2.04. The van der Waals surface area contributed by atoms with E-state index in [0.717, 1.165) is 16.8 Å². The van der Waals surface area contributed by atoms with Crippen LogP contribution in [0.1, 0.15) is 16.1 Å². The van der Waals surface area contributed by atoms with Gasteiger partial charge < -0.3 is 9.47 Å². The number of hydrogen-bond acceptors (Lipinski definition) is 7. The second-order valence-electron chi connectivity index (χ2n) is 6.44. The van der Waals surface area contributed by atoms with Crippen LogP contribution < -0.4 is 14.8 Å². The summed E-state index contributed by atoms with van der Waals surface area (Å²) in [6, 6.07) is 13.7. The highest BCUT2D eigenvalue weighted by Crippen LogP contribution is 2.39. The topological polar surface area (TPSA) is 73.3 Å². The van der Waals surface area contributed by atoms with Crippen molar-refractivity contribution in [1.29, 1.82) is 0 Å². The number of carbonyl (C=O) groups excluding carboxylic acids is 1. The molecule has 0 aliphatic heterocycles. The molecule has 8 heteroatoms. The van der Waals surface area contributed by atoms with Crippen LogP contribution in [0.25, 0.3) is 21.8 Å². The minimum absolute atomic E-state index is 0.302. The first kappa shape index (κ1) is 20.1. The van der Waals surface area contributed by atoms with Gasteiger partial charge in [0.2, 0.25) is 0 Å². The molecule has 2 aromatic carbocycles. The van der Waals surface area contributed by atoms with Gasteiger partial charge in [-0.15, -0.1) is 22.7 Å². The minimum Gasteiger partial charge on any atom is -0.493 e. The molecule has 4 rings (SSSR count). The van der Waals surface area contributed by atoms with E-state index in [0.29, 0.717) is 27.3 Å². The summed E-state index contributed by atoms with van der Waals surface area (Å²) < 4.78 is 10.8. The van der Waals surface area contributed by atoms with E-state index >= 15 is 0 Å². The molecule has 0 aliphatic rings. The van der Waals surface area contributed by atoms with Gasteiger partial charge in [0.05, 0.1) is 25.5 Å². The Morgan fingerprint density at radius 3 is 2.50 bits per heavy atom. The number of aromatic nitrogens is 2. The Hall–Kier alpha value is -3.23. The van der Waals surface area contributed by atoms with Crippen LogP contribution in [0.3, 0.4) is 0 Å². The summed E-state index contributed by atoms with van der Waals surface area (Å²) in [5.74, 6) is 0.899. The zero-order valence-electron chi connectivity index (χ0n) is 16.6. The Bertz CT molecular complexity index is 1180. The fourth-order valence-electron chi connectivity index (χ4n) is 2.91. The summed E-state index contributed by atoms with van der Waals surface area (Å²) in [5, 5.41) is 7.69. The van der Waals surface area contributed by atoms with E-state index in [1.54, 1.807) is 19.6 Å². The molecule has 4 aromatic rings. The lowest BCUT2D eigenvalue weighted by atomic mass is 10.1. The number of amides is 1. The standard InChI is InChI=1S/C22H19N3O3S2/c1-13-7-9-14(10-8-13)16-11-30-22(24-16)25-20(26)17-12-29-21(23-17)15-5-4-6-18(27-2)19(15)28-3/h4-12H,1-3H3,(H,24,25,26). The summed E-state index contributed by atoms with van der Waals surface area (Å²) in [6.07, 6.45) is 0. The second kappa shape index (κ2) is 8.64. The van der Waals surface area contributed by atoms with Crippen molar-refractivity contribution in [2.45, 2.75) is 6.92 Å². The van der Waals surface area contributed by atoms with Crippen LogP contribution in [0.2, 0.25) is 0 Å². The largest absolute Gasteiger partial charge is 0.493 e. The molecule has 0 unspecified atom stereocenters. The maximum absolute atomic E-state index is 12.7. The van der Waals surface area contributed by atoms with Crippen LogP contribution in [0, 0.1) is 6.92 Å². The molecule has 1 amide bonds. The molecule has 1 N–H and O–H groups in total. The van der Waals surface area contributed by atoms with Crippen molar-refractivity contribution in [2.24, 2.45) is 0 Å². The zero-order chi connectivity index (χ0) is 21.1. The normalized spacial score (nSPS) is 10.6. The highest BCUT2D eigenvalue weighted by Gasteiger charge is 2.18. The van der Waals surface area contributed by atoms with Gasteiger partial charge in [-0.25, -0.2) is 9.97 Å². The lowest BCUT2D eigenvalue weighted by molar-refractivity contribution is 0.102. The number of thiazole rings is 2. The van der Waals surface area contributed by atoms with Crippen molar-refractivity contribution in [3.63, 3.8) is 0 Å². The molecule has 152 valence electrons. The van der Waals surface area contributed by atoms with Gasteiger partial charge in [0.25, 0.3) is 5.91 Å². The third-order valence-corrected chi connectivity index (χ3v) is 6.08. The predicted octanol–water partition coefficient (Wildman–Crippen LogP) is 5.51. The predicted molar refractivity (Wildman–Crippen MR) is 121 cm³/mol. The quantitative estimate of drug-likeness (QED) is 0.430. The molecule has 0 bridgehead atoms. The maximum atomic E-state index is 12.7. The molecule has 2 aromatic heterocycles. The molecule has 0 fully saturated rings. The Morgan fingerprint density at radius 1 is 0.967 bits per heavy atom. The molecule has 0 saturated heterocycles. The third kappa shape index (κ3) is 4.05. The number of para-hydroxylation sites is 1. The van der Waals surface area contributed by atoms with Gasteiger partial charge in [0.15, 0.2) is 16.6 Å². The second-order valence-corrected chi connectivity index (χ2v) is 8.15. The number of rotatable bonds is 6. The summed E-state index contributed by atoms with van der Waals surface area (Å²) in [7, 11) is 3.16. The molecule has 0 radical (unpaired) electrons. The fraction of sp³-hybridized carbons (Fsp3) is 0.136. The van der Waals surface area contributed by atoms with Crippen molar-refractivity contribution in [3.8, 4) is 33.3 Å². The van der Waals surface area contributed by atoms with E-state index in [2.05, 4.69) is 15.3 Å². The minimum atomic E-state index is -0.302. The summed E-state index contributed by atoms with van der Waals surface area (Å²) >= 11 is 2.75. The van der Waals surface area contributed by atoms with E-state index in [9.17, 15) is 4.79 Å². The van der Waals surface area contributed by atoms with Crippen molar-refractivity contribution in [3.05, 3.63) is 64.5 Å². The van der Waals surface area contributed by atoms with Gasteiger partial charge >= 0.3 is 0 Å². The number of aryl methyl sites for hydroxylation is 1. The first-order valence-corrected chi connectivity index (χ1v) is 10.9. The van der Waals surface area contributed by atoms with Crippen LogP contribution in [0.5, 0.6) is 11.5 Å². The van der Waals surface area contributed by atoms with Gasteiger partial charge in [-0.1, -0.05) is 35.9 Å². The molecule has 0 atom stereocenters. The monoisotopic (exact) mass is 437 g/mol. The van der Waals surface area contributed by atoms with Gasteiger partial charge in [-0.3, -0.25) is 10.1 Å². The van der Waals surface area contributed by atoms with E-state index in [1.807, 2.05) is 54.8 Å². The van der Waals surface area contributed by atoms with Crippen LogP contribution in [-0.4, -0.2) is 30.1 Å². The van der Waals surface area contributed by atoms with E-state index in [-0.39, 0.29) is 5.91 Å². The van der Waals surface area contributed by atoms with Crippen LogP contribution in [0.4, 0.5) is 5.13 Å². The summed E-state index contributed by atoms with van der Waals surface area (Å²) in [4.78, 5) is 21.7. The number of ether oxygens (including phenoxy) is 2. The number of carbonyl (C=O) groups is 1. The first-order valence-electron chi connectivity index (χ1n) is 9.10. The Balaban J connectivity index is 1.52. The maximum Gasteiger partial charge on any atom is 0.276 e. The molecule has 2 heterocycles. The third-order valence-electron chi connectivity index (χ3n) is 4.44. The molecule has 0 spiro atoms. The zero-order valence-corrected chi connectivity index (χ0v) is 18.3. The van der Waals surface area contributed by atoms with Crippen LogP contribution >= 0.6 is 22.7 Å². The number of benzene rings is 2. The molecular formula is C22H19N3O3S2. The lowest BCUT2D eigenvalue weighted by Gasteiger charge is -2.10. The number of nitrogens with zero attached hydrogens (tertiary/aromatic N) is 2. The molecule has 0 aliphatic carbocycles. The van der Waals surface area contributed by atoms with Gasteiger partial charge in [0.1, 0.15) is 10.7 Å². The number of anilines is 1. The van der Waals surface area contributed by atoms with Gasteiger partial charge in [-0.2, -0.15) is 0 Å². The highest BCUT2D eigenvalue weighted by atomic mass is 32.1. The molecular weight excluding hydrogens is 418 g/mol. The van der Waals surface area contributed by atoms with E-state index in [4.69, 9.17) is 9.47 Å². The van der Waals surface area contributed by atoms with E-state index in [1.165, 1.54) is 28.2 Å². The average Bonchev–Trinajstić information content (AvgIpc) is 3.43. The van der Waals surface area contributed by atoms with Gasteiger partial charge in [0, 0.05) is 16.3 Å².